The van der Waals surface area contributed by atoms with E-state index in [9.17, 15) is 9.90 Å². The van der Waals surface area contributed by atoms with E-state index in [0.29, 0.717) is 5.75 Å². The van der Waals surface area contributed by atoms with Gasteiger partial charge in [0.1, 0.15) is 5.75 Å². The first-order chi connectivity index (χ1) is 9.66. The lowest BCUT2D eigenvalue weighted by atomic mass is 10.0. The van der Waals surface area contributed by atoms with Crippen molar-refractivity contribution in [3.8, 4) is 5.75 Å². The molecule has 2 rings (SSSR count). The van der Waals surface area contributed by atoms with Crippen molar-refractivity contribution in [1.82, 2.24) is 5.32 Å². The Labute approximate surface area is 118 Å². The Morgan fingerprint density at radius 3 is 2.20 bits per heavy atom. The molecule has 0 heterocycles. The van der Waals surface area contributed by atoms with Gasteiger partial charge in [0.25, 0.3) is 0 Å². The summed E-state index contributed by atoms with van der Waals surface area (Å²) in [4.78, 5) is 11.7. The average Bonchev–Trinajstić information content (AvgIpc) is 2.48. The van der Waals surface area contributed by atoms with Crippen LogP contribution in [0.4, 0.5) is 4.79 Å². The Bertz CT molecular complexity index is 542. The summed E-state index contributed by atoms with van der Waals surface area (Å²) < 4.78 is 5.11. The van der Waals surface area contributed by atoms with E-state index in [4.69, 9.17) is 4.74 Å². The molecule has 0 radical (unpaired) electrons. The number of rotatable bonds is 4. The van der Waals surface area contributed by atoms with Crippen LogP contribution in [0.25, 0.3) is 0 Å². The van der Waals surface area contributed by atoms with Gasteiger partial charge < -0.3 is 15.2 Å². The number of ether oxygens (including phenoxy) is 1. The number of para-hydroxylation sites is 1. The van der Waals surface area contributed by atoms with Crippen molar-refractivity contribution in [3.63, 3.8) is 0 Å². The first-order valence-electron chi connectivity index (χ1n) is 6.43. The third-order valence-electron chi connectivity index (χ3n) is 2.91. The second-order valence-electron chi connectivity index (χ2n) is 4.49. The SMILES string of the molecule is C[C@@H](NC(=O)Oc1ccccc1)[C@@H](O)c1ccccc1. The third-order valence-corrected chi connectivity index (χ3v) is 2.91. The van der Waals surface area contributed by atoms with Gasteiger partial charge in [0.2, 0.25) is 0 Å². The predicted octanol–water partition coefficient (Wildman–Crippen LogP) is 2.90. The van der Waals surface area contributed by atoms with E-state index in [0.717, 1.165) is 5.56 Å². The highest BCUT2D eigenvalue weighted by molar-refractivity contribution is 5.70. The largest absolute Gasteiger partial charge is 0.412 e. The molecule has 0 aliphatic rings. The molecule has 0 bridgehead atoms. The molecular weight excluding hydrogens is 254 g/mol. The molecule has 4 heteroatoms. The Morgan fingerprint density at radius 1 is 1.05 bits per heavy atom. The van der Waals surface area contributed by atoms with Gasteiger partial charge >= 0.3 is 6.09 Å². The molecule has 0 unspecified atom stereocenters. The summed E-state index contributed by atoms with van der Waals surface area (Å²) in [5.74, 6) is 0.464. The second kappa shape index (κ2) is 6.73. The molecule has 0 spiro atoms. The Kier molecular flexibility index (Phi) is 4.74. The van der Waals surface area contributed by atoms with E-state index in [1.807, 2.05) is 36.4 Å². The van der Waals surface area contributed by atoms with Crippen LogP contribution in [-0.2, 0) is 0 Å². The maximum absolute atomic E-state index is 11.7. The van der Waals surface area contributed by atoms with Crippen LogP contribution < -0.4 is 10.1 Å². The minimum absolute atomic E-state index is 0.450. The number of nitrogens with one attached hydrogen (secondary N) is 1. The lowest BCUT2D eigenvalue weighted by Crippen LogP contribution is -2.38. The van der Waals surface area contributed by atoms with Crippen LogP contribution in [0, 0.1) is 0 Å². The van der Waals surface area contributed by atoms with Crippen LogP contribution in [0.15, 0.2) is 60.7 Å². The van der Waals surface area contributed by atoms with Gasteiger partial charge in [-0.05, 0) is 24.6 Å². The lowest BCUT2D eigenvalue weighted by Gasteiger charge is -2.20. The normalized spacial score (nSPS) is 13.3. The first-order valence-corrected chi connectivity index (χ1v) is 6.43. The lowest BCUT2D eigenvalue weighted by molar-refractivity contribution is 0.129. The van der Waals surface area contributed by atoms with Gasteiger partial charge in [0.15, 0.2) is 0 Å². The summed E-state index contributed by atoms with van der Waals surface area (Å²) in [6.07, 6.45) is -1.36. The molecule has 4 nitrogen and oxygen atoms in total. The van der Waals surface area contributed by atoms with Crippen molar-refractivity contribution in [1.29, 1.82) is 0 Å². The summed E-state index contributed by atoms with van der Waals surface area (Å²) in [5, 5.41) is 12.7. The molecule has 0 aromatic heterocycles. The average molecular weight is 271 g/mol. The van der Waals surface area contributed by atoms with Crippen LogP contribution >= 0.6 is 0 Å². The van der Waals surface area contributed by atoms with Crippen molar-refractivity contribution in [2.45, 2.75) is 19.1 Å². The molecule has 2 N–H and O–H groups in total. The van der Waals surface area contributed by atoms with Gasteiger partial charge in [-0.3, -0.25) is 0 Å². The molecule has 2 aromatic rings. The fourth-order valence-corrected chi connectivity index (χ4v) is 1.83. The zero-order valence-electron chi connectivity index (χ0n) is 11.2. The first kappa shape index (κ1) is 14.1. The smallest absolute Gasteiger partial charge is 0.410 e. The fourth-order valence-electron chi connectivity index (χ4n) is 1.83. The standard InChI is InChI=1S/C16H17NO3/c1-12(15(18)13-8-4-2-5-9-13)17-16(19)20-14-10-6-3-7-11-14/h2-12,15,18H,1H3,(H,17,19)/t12-,15-/m1/s1. The molecular formula is C16H17NO3. The Morgan fingerprint density at radius 2 is 1.60 bits per heavy atom. The van der Waals surface area contributed by atoms with Crippen LogP contribution in [0.3, 0.4) is 0 Å². The van der Waals surface area contributed by atoms with Gasteiger partial charge in [0, 0.05) is 0 Å². The van der Waals surface area contributed by atoms with Crippen molar-refractivity contribution in [2.24, 2.45) is 0 Å². The zero-order chi connectivity index (χ0) is 14.4. The highest BCUT2D eigenvalue weighted by Crippen LogP contribution is 2.16. The zero-order valence-corrected chi connectivity index (χ0v) is 11.2. The maximum Gasteiger partial charge on any atom is 0.412 e. The monoisotopic (exact) mass is 271 g/mol. The van der Waals surface area contributed by atoms with Gasteiger partial charge in [-0.15, -0.1) is 0 Å². The molecule has 2 aromatic carbocycles. The third kappa shape index (κ3) is 3.83. The number of hydrogen-bond acceptors (Lipinski definition) is 3. The number of hydrogen-bond donors (Lipinski definition) is 2. The van der Waals surface area contributed by atoms with Gasteiger partial charge in [0.05, 0.1) is 12.1 Å². The van der Waals surface area contributed by atoms with Gasteiger partial charge in [-0.25, -0.2) is 4.79 Å². The Hall–Kier alpha value is -2.33. The van der Waals surface area contributed by atoms with E-state index in [1.165, 1.54) is 0 Å². The minimum atomic E-state index is -0.778. The molecule has 20 heavy (non-hydrogen) atoms. The summed E-state index contributed by atoms with van der Waals surface area (Å²) in [7, 11) is 0. The highest BCUT2D eigenvalue weighted by atomic mass is 16.6. The Balaban J connectivity index is 1.91. The van der Waals surface area contributed by atoms with Crippen molar-refractivity contribution in [2.75, 3.05) is 0 Å². The summed E-state index contributed by atoms with van der Waals surface area (Å²) in [6.45, 7) is 1.73. The van der Waals surface area contributed by atoms with Gasteiger partial charge in [-0.2, -0.15) is 0 Å². The van der Waals surface area contributed by atoms with Crippen LogP contribution in [0.5, 0.6) is 5.75 Å². The van der Waals surface area contributed by atoms with Gasteiger partial charge in [-0.1, -0.05) is 48.5 Å². The maximum atomic E-state index is 11.7. The quantitative estimate of drug-likeness (QED) is 0.899. The molecule has 0 saturated carbocycles. The molecule has 0 aliphatic heterocycles. The van der Waals surface area contributed by atoms with Crippen LogP contribution in [0.2, 0.25) is 0 Å². The minimum Gasteiger partial charge on any atom is -0.410 e. The summed E-state index contributed by atoms with van der Waals surface area (Å²) >= 11 is 0. The predicted molar refractivity (Wildman–Crippen MR) is 76.5 cm³/mol. The van der Waals surface area contributed by atoms with Crippen molar-refractivity contribution < 1.29 is 14.6 Å². The molecule has 2 atom stereocenters. The fraction of sp³-hybridized carbons (Fsp3) is 0.188. The van der Waals surface area contributed by atoms with Crippen LogP contribution in [-0.4, -0.2) is 17.2 Å². The molecule has 0 saturated heterocycles. The summed E-state index contributed by atoms with van der Waals surface area (Å²) in [5.41, 5.74) is 0.750. The number of aliphatic hydroxyl groups excluding tert-OH is 1. The number of amides is 1. The summed E-state index contributed by atoms with van der Waals surface area (Å²) in [6, 6.07) is 17.5. The molecule has 0 fully saturated rings. The van der Waals surface area contributed by atoms with Crippen molar-refractivity contribution >= 4 is 6.09 Å². The number of aliphatic hydroxyl groups is 1. The number of carbonyl (C=O) groups is 1. The molecule has 104 valence electrons. The molecule has 0 aliphatic carbocycles. The van der Waals surface area contributed by atoms with E-state index in [2.05, 4.69) is 5.32 Å². The van der Waals surface area contributed by atoms with Crippen molar-refractivity contribution in [3.05, 3.63) is 66.2 Å². The highest BCUT2D eigenvalue weighted by Gasteiger charge is 2.18. The van der Waals surface area contributed by atoms with Crippen LogP contribution in [0.1, 0.15) is 18.6 Å². The topological polar surface area (TPSA) is 58.6 Å². The number of carbonyl (C=O) groups excluding carboxylic acids is 1. The molecule has 1 amide bonds. The van der Waals surface area contributed by atoms with E-state index in [1.54, 1.807) is 31.2 Å². The van der Waals surface area contributed by atoms with E-state index >= 15 is 0 Å². The van der Waals surface area contributed by atoms with E-state index < -0.39 is 18.2 Å². The van der Waals surface area contributed by atoms with E-state index in [-0.39, 0.29) is 0 Å². The second-order valence-corrected chi connectivity index (χ2v) is 4.49. The number of benzene rings is 2.